The highest BCUT2D eigenvalue weighted by atomic mass is 16.8. The van der Waals surface area contributed by atoms with Crippen molar-refractivity contribution < 1.29 is 158 Å². The number of esters is 2. The van der Waals surface area contributed by atoms with Crippen LogP contribution in [0.4, 0.5) is 0 Å². The maximum atomic E-state index is 14.3. The Bertz CT molecular complexity index is 3340. The number of ether oxygens (including phenoxy) is 13. The second-order valence-corrected chi connectivity index (χ2v) is 33.6. The van der Waals surface area contributed by atoms with Crippen molar-refractivity contribution in [1.29, 1.82) is 0 Å². The van der Waals surface area contributed by atoms with Crippen LogP contribution in [0.25, 0.3) is 6.08 Å². The molecule has 38 atom stereocenters. The molecule has 12 rings (SSSR count). The van der Waals surface area contributed by atoms with Crippen LogP contribution in [0.3, 0.4) is 0 Å². The summed E-state index contributed by atoms with van der Waals surface area (Å²) in [7, 11) is 0. The topological polar surface area (TPSA) is 495 Å². The number of hydrogen-bond acceptors (Lipinski definition) is 31. The Morgan fingerprint density at radius 1 is 0.538 bits per heavy atom. The van der Waals surface area contributed by atoms with Crippen LogP contribution >= 0.6 is 0 Å². The van der Waals surface area contributed by atoms with Crippen LogP contribution in [0.2, 0.25) is 0 Å². The number of carboxylic acid groups (broad SMARTS) is 1. The van der Waals surface area contributed by atoms with Gasteiger partial charge in [-0.2, -0.15) is 0 Å². The zero-order valence-corrected chi connectivity index (χ0v) is 61.4. The van der Waals surface area contributed by atoms with Gasteiger partial charge >= 0.3 is 17.9 Å². The normalized spacial score (nSPS) is 51.3. The zero-order valence-electron chi connectivity index (χ0n) is 61.4. The van der Waals surface area contributed by atoms with Crippen LogP contribution in [0.1, 0.15) is 133 Å². The minimum atomic E-state index is -2.38. The average molecular weight is 1510 g/mol. The van der Waals surface area contributed by atoms with Crippen LogP contribution in [0, 0.1) is 50.2 Å². The Hall–Kier alpha value is -3.93. The summed E-state index contributed by atoms with van der Waals surface area (Å²) in [6.07, 6.45) is -47.3. The molecule has 32 nitrogen and oxygen atoms in total. The maximum absolute atomic E-state index is 14.3. The minimum absolute atomic E-state index is 0.0915. The lowest BCUT2D eigenvalue weighted by atomic mass is 9.30. The Labute approximate surface area is 613 Å². The van der Waals surface area contributed by atoms with Gasteiger partial charge in [0, 0.05) is 28.4 Å². The van der Waals surface area contributed by atoms with Gasteiger partial charge in [-0.15, -0.1) is 0 Å². The maximum Gasteiger partial charge on any atom is 0.335 e. The monoisotopic (exact) mass is 1510 g/mol. The van der Waals surface area contributed by atoms with E-state index in [0.29, 0.717) is 49.7 Å². The molecule has 11 aliphatic rings. The number of carbonyl (C=O) groups excluding carboxylic acids is 2. The van der Waals surface area contributed by atoms with Gasteiger partial charge in [0.2, 0.25) is 0 Å². The van der Waals surface area contributed by atoms with Gasteiger partial charge in [-0.1, -0.05) is 84.9 Å². The molecule has 0 aromatic heterocycles. The summed E-state index contributed by atoms with van der Waals surface area (Å²) < 4.78 is 82.1. The first-order valence-corrected chi connectivity index (χ1v) is 37.0. The third-order valence-corrected chi connectivity index (χ3v) is 27.3. The molecule has 5 saturated carbocycles. The lowest BCUT2D eigenvalue weighted by Crippen LogP contribution is -2.77. The standard InChI is InChI=1S/C74H110O32/c1-12-30(2)61(92)105-58-59(99-41(78)19-18-33-16-14-13-15-17-33)74-38(26-68(58,5)6)73(106-67(74)93)25-21-37-70(9)23-22-40(69(7,8)36(70)20-24-71(37,10)72(73,11)27-39(74)77)98-66-57(104-63-51(88)47(84)44(81)34(28-75)96-63)53(52(89)54(101-66)60(90)91)100-65-56(49(86)45(82)35(29-76)97-65)103-64-55(48(85)43(80)32(4)95-64)102-62-50(87)46(83)42(79)31(3)94-62/h12-19,31-32,34-40,42-59,62-67,75-77,79-89,93H,20-29H2,1-11H3,(H,90,91)/b19-18+,30-12+/t31-,32-,34+,35+,36?,37+,38?,39+,40-,42-,43-,44-,45-,46+,47-,48+,49-,50+,51+,52-,53-,54-,55+,56+,57+,58-,59-,62+,63-,64+,65-,66+,67-,70-,71+,72-,73-,74+/m0/s1. The van der Waals surface area contributed by atoms with Gasteiger partial charge < -0.3 is 143 Å². The van der Waals surface area contributed by atoms with Gasteiger partial charge in [0.25, 0.3) is 0 Å². The number of aliphatic hydroxyl groups is 15. The summed E-state index contributed by atoms with van der Waals surface area (Å²) in [6, 6.07) is 9.10. The average Bonchev–Trinajstić information content (AvgIpc) is 1.39. The Kier molecular flexibility index (Phi) is 23.2. The van der Waals surface area contributed by atoms with Crippen molar-refractivity contribution in [1.82, 2.24) is 0 Å². The van der Waals surface area contributed by atoms with Crippen molar-refractivity contribution in [2.45, 2.75) is 317 Å². The quantitative estimate of drug-likeness (QED) is 0.0460. The van der Waals surface area contributed by atoms with Crippen molar-refractivity contribution >= 4 is 24.0 Å². The number of aliphatic carboxylic acids is 1. The number of rotatable bonds is 18. The number of fused-ring (bicyclic) bond motifs is 4. The largest absolute Gasteiger partial charge is 0.479 e. The van der Waals surface area contributed by atoms with E-state index in [2.05, 4.69) is 20.8 Å². The van der Waals surface area contributed by atoms with Crippen molar-refractivity contribution in [2.75, 3.05) is 13.2 Å². The molecular weight excluding hydrogens is 1400 g/mol. The predicted octanol–water partition coefficient (Wildman–Crippen LogP) is -1.34. The number of carboxylic acids is 1. The first-order chi connectivity index (χ1) is 49.7. The smallest absolute Gasteiger partial charge is 0.335 e. The van der Waals surface area contributed by atoms with Crippen molar-refractivity contribution in [3.05, 3.63) is 53.6 Å². The van der Waals surface area contributed by atoms with Gasteiger partial charge in [0.1, 0.15) is 110 Å². The molecule has 106 heavy (non-hydrogen) atoms. The van der Waals surface area contributed by atoms with Crippen LogP contribution in [0.5, 0.6) is 0 Å². The first-order valence-electron chi connectivity index (χ1n) is 37.0. The SMILES string of the molecule is C/C=C(\C)C(=O)O[C@H]1[C@H](OC(=O)/C=C/c2ccccc2)[C@@]23C(CC1(C)C)[C@]1(CC[C@@H]4[C@@]5(C)CC[C@H](O[C@@H]6O[C@H](C(=O)O)[C@@H](O)[C@H](O[C@@H]7O[C@H](CO)[C@H](O)[C@H](O)[C@H]7O[C@H]7O[C@@H](C)[C@H](O)[C@@H](O)[C@H]7O[C@H]7O[C@@H](C)[C@H](O)[C@@H](O)[C@H]7O)[C@H]6O[C@@H]6O[C@H](CO)[C@H](O)[C@H](O)[C@H]6O)C(C)(C)C5CC[C@@]4(C)[C@]1(C)C[C@H]2O)O[C@@H]3O. The molecule has 16 N–H and O–H groups in total. The molecule has 5 aliphatic carbocycles. The van der Waals surface area contributed by atoms with Crippen LogP contribution < -0.4 is 0 Å². The second kappa shape index (κ2) is 30.2. The van der Waals surface area contributed by atoms with Gasteiger partial charge in [-0.05, 0) is 119 Å². The Morgan fingerprint density at radius 3 is 1.69 bits per heavy atom. The Balaban J connectivity index is 0.856. The van der Waals surface area contributed by atoms with E-state index in [4.69, 9.17) is 61.6 Å². The van der Waals surface area contributed by atoms with Crippen LogP contribution in [-0.2, 0) is 76.0 Å². The fourth-order valence-electron chi connectivity index (χ4n) is 21.2. The molecular formula is C74H110O32. The number of carbonyl (C=O) groups is 3. The molecule has 0 radical (unpaired) electrons. The van der Waals surface area contributed by atoms with E-state index in [-0.39, 0.29) is 24.7 Å². The second-order valence-electron chi connectivity index (χ2n) is 33.6. The fraction of sp³-hybridized carbons (Fsp3) is 0.824. The van der Waals surface area contributed by atoms with Crippen molar-refractivity contribution in [3.8, 4) is 0 Å². The molecule has 1 spiro atoms. The fourth-order valence-corrected chi connectivity index (χ4v) is 21.2. The van der Waals surface area contributed by atoms with Crippen LogP contribution in [0.15, 0.2) is 48.1 Å². The number of aliphatic hydroxyl groups excluding tert-OH is 15. The molecule has 0 amide bonds. The molecule has 598 valence electrons. The summed E-state index contributed by atoms with van der Waals surface area (Å²) in [4.78, 5) is 41.7. The lowest BCUT2D eigenvalue weighted by molar-refractivity contribution is -0.412. The third kappa shape index (κ3) is 13.3. The summed E-state index contributed by atoms with van der Waals surface area (Å²) >= 11 is 0. The van der Waals surface area contributed by atoms with E-state index in [9.17, 15) is 96.1 Å². The van der Waals surface area contributed by atoms with E-state index >= 15 is 0 Å². The first kappa shape index (κ1) is 81.6. The Morgan fingerprint density at radius 2 is 1.07 bits per heavy atom. The van der Waals surface area contributed by atoms with E-state index in [1.807, 2.05) is 58.0 Å². The van der Waals surface area contributed by atoms with Gasteiger partial charge in [0.05, 0.1) is 48.6 Å². The van der Waals surface area contributed by atoms with Crippen molar-refractivity contribution in [3.63, 3.8) is 0 Å². The molecule has 6 saturated heterocycles. The minimum Gasteiger partial charge on any atom is -0.479 e. The lowest BCUT2D eigenvalue weighted by Gasteiger charge is -2.75. The third-order valence-electron chi connectivity index (χ3n) is 27.3. The highest BCUT2D eigenvalue weighted by Crippen LogP contribution is 2.82. The predicted molar refractivity (Wildman–Crippen MR) is 359 cm³/mol. The molecule has 6 aliphatic heterocycles. The summed E-state index contributed by atoms with van der Waals surface area (Å²) in [5.41, 5.74) is -5.73. The van der Waals surface area contributed by atoms with E-state index in [0.717, 1.165) is 0 Å². The molecule has 6 heterocycles. The highest BCUT2D eigenvalue weighted by Gasteiger charge is 2.86. The number of allylic oxidation sites excluding steroid dienone is 1. The van der Waals surface area contributed by atoms with Gasteiger partial charge in [-0.3, -0.25) is 0 Å². The molecule has 2 bridgehead atoms. The number of benzene rings is 1. The van der Waals surface area contributed by atoms with E-state index in [1.165, 1.54) is 19.9 Å². The van der Waals surface area contributed by atoms with Gasteiger partial charge in [-0.25, -0.2) is 14.4 Å². The molecule has 1 aromatic carbocycles. The van der Waals surface area contributed by atoms with E-state index in [1.54, 1.807) is 26.0 Å². The van der Waals surface area contributed by atoms with Crippen LogP contribution in [-0.4, -0.2) is 303 Å². The molecule has 1 aromatic rings. The summed E-state index contributed by atoms with van der Waals surface area (Å²) in [6.45, 7) is 18.5. The zero-order chi connectivity index (χ0) is 77.4. The summed E-state index contributed by atoms with van der Waals surface area (Å²) in [5, 5.41) is 182. The number of hydrogen-bond donors (Lipinski definition) is 16. The van der Waals surface area contributed by atoms with Crippen molar-refractivity contribution in [2.24, 2.45) is 50.2 Å². The molecule has 2 unspecified atom stereocenters. The summed E-state index contributed by atoms with van der Waals surface area (Å²) in [5.74, 6) is -4.20. The molecule has 11 fully saturated rings. The molecule has 32 heteroatoms. The highest BCUT2D eigenvalue weighted by molar-refractivity contribution is 5.88. The van der Waals surface area contributed by atoms with E-state index < -0.39 is 259 Å². The van der Waals surface area contributed by atoms with Gasteiger partial charge in [0.15, 0.2) is 49.9 Å².